The zero-order valence-electron chi connectivity index (χ0n) is 12.2. The van der Waals surface area contributed by atoms with Crippen molar-refractivity contribution in [2.45, 2.75) is 11.8 Å². The minimum absolute atomic E-state index is 0.145. The highest BCUT2D eigenvalue weighted by Crippen LogP contribution is 2.40. The number of carbonyl (C=O) groups is 3. The summed E-state index contributed by atoms with van der Waals surface area (Å²) in [6.45, 7) is 0. The molecule has 2 amide bonds. The Morgan fingerprint density at radius 2 is 1.57 bits per heavy atom. The Balaban J connectivity index is 2.19. The van der Waals surface area contributed by atoms with E-state index in [9.17, 15) is 19.5 Å². The van der Waals surface area contributed by atoms with Crippen molar-refractivity contribution in [2.75, 3.05) is 0 Å². The predicted octanol–water partition coefficient (Wildman–Crippen LogP) is 1.52. The molecule has 0 radical (unpaired) electrons. The lowest BCUT2D eigenvalue weighted by Gasteiger charge is -2.30. The summed E-state index contributed by atoms with van der Waals surface area (Å²) < 4.78 is 0. The molecule has 3 rings (SSSR count). The van der Waals surface area contributed by atoms with E-state index >= 15 is 0 Å². The fraction of sp³-hybridized carbons (Fsp3) is 0.167. The maximum atomic E-state index is 12.6. The number of carbonyl (C=O) groups excluding carboxylic acids is 2. The van der Waals surface area contributed by atoms with Crippen LogP contribution in [0.5, 0.6) is 0 Å². The van der Waals surface area contributed by atoms with Crippen LogP contribution >= 0.6 is 0 Å². The monoisotopic (exact) mass is 309 g/mol. The van der Waals surface area contributed by atoms with Gasteiger partial charge in [0.25, 0.3) is 0 Å². The summed E-state index contributed by atoms with van der Waals surface area (Å²) in [4.78, 5) is 36.4. The molecule has 1 heterocycles. The summed E-state index contributed by atoms with van der Waals surface area (Å²) in [5.41, 5.74) is -0.113. The summed E-state index contributed by atoms with van der Waals surface area (Å²) >= 11 is 0. The van der Waals surface area contributed by atoms with Crippen LogP contribution < -0.4 is 5.32 Å². The third-order valence-corrected chi connectivity index (χ3v) is 4.26. The van der Waals surface area contributed by atoms with Crippen molar-refractivity contribution in [1.29, 1.82) is 0 Å². The van der Waals surface area contributed by atoms with Gasteiger partial charge in [0.15, 0.2) is 5.92 Å². The smallest absolute Gasteiger partial charge is 0.317 e. The van der Waals surface area contributed by atoms with Crippen LogP contribution in [0.3, 0.4) is 0 Å². The Morgan fingerprint density at radius 1 is 1.00 bits per heavy atom. The number of carboxylic acids is 1. The molecule has 5 nitrogen and oxygen atoms in total. The summed E-state index contributed by atoms with van der Waals surface area (Å²) in [7, 11) is 0. The second-order valence-corrected chi connectivity index (χ2v) is 5.59. The van der Waals surface area contributed by atoms with Crippen LogP contribution in [0.2, 0.25) is 0 Å². The van der Waals surface area contributed by atoms with Gasteiger partial charge in [0.2, 0.25) is 11.8 Å². The molecule has 1 fully saturated rings. The molecule has 1 aliphatic rings. The summed E-state index contributed by atoms with van der Waals surface area (Å²) in [6, 6.07) is 17.7. The maximum Gasteiger partial charge on any atom is 0.317 e. The SMILES string of the molecule is O=C(O)C1C(=O)NC(=O)C1(Cc1ccccc1)c1ccccc1. The van der Waals surface area contributed by atoms with Gasteiger partial charge in [-0.3, -0.25) is 19.7 Å². The van der Waals surface area contributed by atoms with Gasteiger partial charge in [-0.2, -0.15) is 0 Å². The molecule has 0 bridgehead atoms. The lowest BCUT2D eigenvalue weighted by atomic mass is 9.68. The molecule has 5 heteroatoms. The molecule has 2 unspecified atom stereocenters. The number of aliphatic carboxylic acids is 1. The average molecular weight is 309 g/mol. The van der Waals surface area contributed by atoms with Crippen molar-refractivity contribution in [3.8, 4) is 0 Å². The maximum absolute atomic E-state index is 12.6. The molecular formula is C18H15NO4. The number of rotatable bonds is 4. The highest BCUT2D eigenvalue weighted by Gasteiger charge is 2.59. The molecule has 2 aromatic rings. The molecule has 2 aromatic carbocycles. The van der Waals surface area contributed by atoms with Crippen molar-refractivity contribution in [3.05, 3.63) is 71.8 Å². The molecule has 1 saturated heterocycles. The topological polar surface area (TPSA) is 83.5 Å². The first-order chi connectivity index (χ1) is 11.1. The largest absolute Gasteiger partial charge is 0.481 e. The Bertz CT molecular complexity index is 757. The number of nitrogens with one attached hydrogen (secondary N) is 1. The third-order valence-electron chi connectivity index (χ3n) is 4.26. The number of imide groups is 1. The number of amides is 2. The number of benzene rings is 2. The quantitative estimate of drug-likeness (QED) is 0.662. The number of hydrogen-bond donors (Lipinski definition) is 2. The van der Waals surface area contributed by atoms with Crippen molar-refractivity contribution in [1.82, 2.24) is 5.32 Å². The van der Waals surface area contributed by atoms with E-state index in [1.54, 1.807) is 30.3 Å². The Labute approximate surface area is 133 Å². The first-order valence-corrected chi connectivity index (χ1v) is 7.23. The minimum atomic E-state index is -1.45. The van der Waals surface area contributed by atoms with Crippen LogP contribution in [0, 0.1) is 5.92 Å². The van der Waals surface area contributed by atoms with E-state index in [1.165, 1.54) is 0 Å². The van der Waals surface area contributed by atoms with Gasteiger partial charge in [-0.05, 0) is 17.5 Å². The minimum Gasteiger partial charge on any atom is -0.481 e. The van der Waals surface area contributed by atoms with Crippen LogP contribution in [0.15, 0.2) is 60.7 Å². The lowest BCUT2D eigenvalue weighted by Crippen LogP contribution is -2.45. The van der Waals surface area contributed by atoms with Gasteiger partial charge in [0.1, 0.15) is 5.41 Å². The normalized spacial score (nSPS) is 23.6. The summed E-state index contributed by atoms with van der Waals surface area (Å²) in [6.07, 6.45) is 0.145. The second kappa shape index (κ2) is 5.68. The van der Waals surface area contributed by atoms with Gasteiger partial charge in [0.05, 0.1) is 0 Å². The lowest BCUT2D eigenvalue weighted by molar-refractivity contribution is -0.148. The summed E-state index contributed by atoms with van der Waals surface area (Å²) in [5.74, 6) is -4.07. The van der Waals surface area contributed by atoms with Crippen LogP contribution in [-0.2, 0) is 26.2 Å². The van der Waals surface area contributed by atoms with Crippen molar-refractivity contribution in [2.24, 2.45) is 5.92 Å². The zero-order valence-corrected chi connectivity index (χ0v) is 12.2. The molecule has 1 aliphatic heterocycles. The Kier molecular flexibility index (Phi) is 3.70. The molecule has 0 aliphatic carbocycles. The van der Waals surface area contributed by atoms with E-state index in [-0.39, 0.29) is 6.42 Å². The summed E-state index contributed by atoms with van der Waals surface area (Å²) in [5, 5.41) is 11.8. The average Bonchev–Trinajstić information content (AvgIpc) is 2.80. The first kappa shape index (κ1) is 15.0. The highest BCUT2D eigenvalue weighted by atomic mass is 16.4. The van der Waals surface area contributed by atoms with Gasteiger partial charge < -0.3 is 5.11 Å². The van der Waals surface area contributed by atoms with E-state index in [1.807, 2.05) is 30.3 Å². The van der Waals surface area contributed by atoms with E-state index < -0.39 is 29.1 Å². The van der Waals surface area contributed by atoms with Gasteiger partial charge in [-0.25, -0.2) is 0 Å². The third kappa shape index (κ3) is 2.40. The van der Waals surface area contributed by atoms with E-state index in [0.717, 1.165) is 5.56 Å². The fourth-order valence-corrected chi connectivity index (χ4v) is 3.21. The zero-order chi connectivity index (χ0) is 16.4. The van der Waals surface area contributed by atoms with Crippen molar-refractivity contribution >= 4 is 17.8 Å². The van der Waals surface area contributed by atoms with Gasteiger partial charge in [0, 0.05) is 0 Å². The molecule has 116 valence electrons. The standard InChI is InChI=1S/C18H15NO4/c20-15-14(16(21)22)18(17(23)19-15,13-9-5-2-6-10-13)11-12-7-3-1-4-8-12/h1-10,14H,11H2,(H,21,22)(H,19,20,23). The van der Waals surface area contributed by atoms with Gasteiger partial charge in [-0.15, -0.1) is 0 Å². The van der Waals surface area contributed by atoms with Crippen molar-refractivity contribution < 1.29 is 19.5 Å². The van der Waals surface area contributed by atoms with Crippen LogP contribution in [0.1, 0.15) is 11.1 Å². The van der Waals surface area contributed by atoms with Crippen LogP contribution in [0.25, 0.3) is 0 Å². The predicted molar refractivity (Wildman–Crippen MR) is 82.5 cm³/mol. The highest BCUT2D eigenvalue weighted by molar-refractivity contribution is 6.18. The van der Waals surface area contributed by atoms with Gasteiger partial charge >= 0.3 is 5.97 Å². The number of carboxylic acid groups (broad SMARTS) is 1. The molecular weight excluding hydrogens is 294 g/mol. The molecule has 0 aromatic heterocycles. The van der Waals surface area contributed by atoms with Crippen LogP contribution in [-0.4, -0.2) is 22.9 Å². The number of hydrogen-bond acceptors (Lipinski definition) is 3. The fourth-order valence-electron chi connectivity index (χ4n) is 3.21. The van der Waals surface area contributed by atoms with Gasteiger partial charge in [-0.1, -0.05) is 60.7 Å². The molecule has 0 spiro atoms. The second-order valence-electron chi connectivity index (χ2n) is 5.59. The van der Waals surface area contributed by atoms with Crippen molar-refractivity contribution in [3.63, 3.8) is 0 Å². The molecule has 0 saturated carbocycles. The first-order valence-electron chi connectivity index (χ1n) is 7.23. The molecule has 2 N–H and O–H groups in total. The van der Waals surface area contributed by atoms with E-state index in [0.29, 0.717) is 5.56 Å². The van der Waals surface area contributed by atoms with Crippen LogP contribution in [0.4, 0.5) is 0 Å². The van der Waals surface area contributed by atoms with E-state index in [2.05, 4.69) is 5.32 Å². The van der Waals surface area contributed by atoms with E-state index in [4.69, 9.17) is 0 Å². The molecule has 23 heavy (non-hydrogen) atoms. The molecule has 2 atom stereocenters. The Hall–Kier alpha value is -2.95. The Morgan fingerprint density at radius 3 is 2.13 bits per heavy atom.